The Kier molecular flexibility index (Phi) is 46.9. The number of nitrogens with two attached hydrogens (primary N) is 1. The van der Waals surface area contributed by atoms with E-state index in [9.17, 15) is 19.0 Å². The van der Waals surface area contributed by atoms with Gasteiger partial charge in [0.05, 0.1) is 13.2 Å². The minimum Gasteiger partial charge on any atom is -0.462 e. The summed E-state index contributed by atoms with van der Waals surface area (Å²) >= 11 is 0. The van der Waals surface area contributed by atoms with Crippen LogP contribution in [0.5, 0.6) is 0 Å². The van der Waals surface area contributed by atoms with Crippen molar-refractivity contribution in [3.05, 3.63) is 72.9 Å². The molecule has 0 aliphatic heterocycles. The number of carbonyl (C=O) groups excluding carboxylic acids is 2. The van der Waals surface area contributed by atoms with Gasteiger partial charge in [-0.05, 0) is 64.2 Å². The molecule has 0 saturated heterocycles. The fourth-order valence-corrected chi connectivity index (χ4v) is 7.64. The van der Waals surface area contributed by atoms with E-state index in [-0.39, 0.29) is 32.6 Å². The number of phosphoric ester groups is 1. The van der Waals surface area contributed by atoms with Gasteiger partial charge in [-0.15, -0.1) is 0 Å². The molecule has 0 aliphatic carbocycles. The fourth-order valence-electron chi connectivity index (χ4n) is 6.87. The van der Waals surface area contributed by atoms with Gasteiger partial charge in [-0.25, -0.2) is 4.57 Å². The Balaban J connectivity index is 4.13. The Hall–Kier alpha value is -2.55. The number of esters is 2. The van der Waals surface area contributed by atoms with Gasteiger partial charge in [0.2, 0.25) is 0 Å². The third kappa shape index (κ3) is 48.7. The molecular weight excluding hydrogens is 810 g/mol. The van der Waals surface area contributed by atoms with Gasteiger partial charge in [-0.2, -0.15) is 0 Å². The van der Waals surface area contributed by atoms with Crippen LogP contribution in [0, 0.1) is 0 Å². The second-order valence-corrected chi connectivity index (χ2v) is 18.1. The molecule has 3 N–H and O–H groups in total. The molecular formula is C53H94NO8P. The first-order valence-electron chi connectivity index (χ1n) is 25.4. The van der Waals surface area contributed by atoms with Crippen LogP contribution in [0.25, 0.3) is 0 Å². The van der Waals surface area contributed by atoms with Crippen LogP contribution in [0.3, 0.4) is 0 Å². The van der Waals surface area contributed by atoms with Gasteiger partial charge < -0.3 is 20.1 Å². The van der Waals surface area contributed by atoms with Crippen molar-refractivity contribution >= 4 is 19.8 Å². The topological polar surface area (TPSA) is 134 Å². The quantitative estimate of drug-likeness (QED) is 0.0265. The van der Waals surface area contributed by atoms with E-state index in [0.29, 0.717) is 6.42 Å². The van der Waals surface area contributed by atoms with Crippen molar-refractivity contribution in [2.24, 2.45) is 5.73 Å². The van der Waals surface area contributed by atoms with Gasteiger partial charge in [-0.3, -0.25) is 18.6 Å². The van der Waals surface area contributed by atoms with E-state index in [4.69, 9.17) is 24.3 Å². The molecule has 10 heteroatoms. The van der Waals surface area contributed by atoms with Crippen LogP contribution in [0.1, 0.15) is 219 Å². The summed E-state index contributed by atoms with van der Waals surface area (Å²) in [4.78, 5) is 35.0. The molecule has 9 nitrogen and oxygen atoms in total. The molecule has 0 heterocycles. The summed E-state index contributed by atoms with van der Waals surface area (Å²) in [5.74, 6) is -0.876. The Morgan fingerprint density at radius 2 is 0.873 bits per heavy atom. The highest BCUT2D eigenvalue weighted by atomic mass is 31.2. The Labute approximate surface area is 386 Å². The monoisotopic (exact) mass is 904 g/mol. The number of rotatable bonds is 47. The molecule has 0 aromatic carbocycles. The minimum absolute atomic E-state index is 0.0437. The largest absolute Gasteiger partial charge is 0.472 e. The lowest BCUT2D eigenvalue weighted by Gasteiger charge is -2.19. The fraction of sp³-hybridized carbons (Fsp3) is 0.736. The molecule has 0 radical (unpaired) electrons. The SMILES string of the molecule is CC/C=C\C/C=C\C/C=C\C/C=C\C/C=C\C/C=C\CCCCC(=O)OC(COC(=O)CCCCCCCCCCCCCCCCCCCCCCC)COP(=O)(O)OCCN. The minimum atomic E-state index is -4.40. The summed E-state index contributed by atoms with van der Waals surface area (Å²) in [7, 11) is -4.40. The van der Waals surface area contributed by atoms with Crippen molar-refractivity contribution in [3.63, 3.8) is 0 Å². The normalized spacial score (nSPS) is 13.8. The van der Waals surface area contributed by atoms with Crippen molar-refractivity contribution in [2.75, 3.05) is 26.4 Å². The molecule has 0 aliphatic rings. The number of carbonyl (C=O) groups is 2. The van der Waals surface area contributed by atoms with E-state index in [2.05, 4.69) is 86.8 Å². The zero-order valence-electron chi connectivity index (χ0n) is 40.3. The molecule has 0 aromatic rings. The molecule has 0 bridgehead atoms. The average molecular weight is 904 g/mol. The van der Waals surface area contributed by atoms with Gasteiger partial charge in [0, 0.05) is 19.4 Å². The summed E-state index contributed by atoms with van der Waals surface area (Å²) in [5, 5.41) is 0. The van der Waals surface area contributed by atoms with Gasteiger partial charge >= 0.3 is 19.8 Å². The predicted molar refractivity (Wildman–Crippen MR) is 266 cm³/mol. The van der Waals surface area contributed by atoms with E-state index in [1.165, 1.54) is 116 Å². The molecule has 2 atom stereocenters. The van der Waals surface area contributed by atoms with Gasteiger partial charge in [0.25, 0.3) is 0 Å². The average Bonchev–Trinajstić information content (AvgIpc) is 3.27. The van der Waals surface area contributed by atoms with E-state index in [1.807, 2.05) is 0 Å². The third-order valence-corrected chi connectivity index (χ3v) is 11.6. The van der Waals surface area contributed by atoms with Crippen molar-refractivity contribution in [3.8, 4) is 0 Å². The third-order valence-electron chi connectivity index (χ3n) is 10.6. The highest BCUT2D eigenvalue weighted by molar-refractivity contribution is 7.47. The van der Waals surface area contributed by atoms with Crippen molar-refractivity contribution < 1.29 is 37.6 Å². The lowest BCUT2D eigenvalue weighted by molar-refractivity contribution is -0.161. The maximum atomic E-state index is 12.6. The summed E-state index contributed by atoms with van der Waals surface area (Å²) in [6, 6.07) is 0. The van der Waals surface area contributed by atoms with Crippen molar-refractivity contribution in [1.29, 1.82) is 0 Å². The van der Waals surface area contributed by atoms with E-state index >= 15 is 0 Å². The van der Waals surface area contributed by atoms with E-state index in [1.54, 1.807) is 0 Å². The predicted octanol–water partition coefficient (Wildman–Crippen LogP) is 15.4. The number of allylic oxidation sites excluding steroid dienone is 12. The van der Waals surface area contributed by atoms with Crippen molar-refractivity contribution in [1.82, 2.24) is 0 Å². The van der Waals surface area contributed by atoms with Gasteiger partial charge in [0.1, 0.15) is 6.61 Å². The molecule has 2 unspecified atom stereocenters. The lowest BCUT2D eigenvalue weighted by Crippen LogP contribution is -2.29. The zero-order valence-corrected chi connectivity index (χ0v) is 41.2. The number of unbranched alkanes of at least 4 members (excludes halogenated alkanes) is 22. The van der Waals surface area contributed by atoms with Gasteiger partial charge in [-0.1, -0.05) is 215 Å². The molecule has 0 spiro atoms. The number of hydrogen-bond donors (Lipinski definition) is 2. The van der Waals surface area contributed by atoms with E-state index < -0.39 is 32.5 Å². The maximum Gasteiger partial charge on any atom is 0.472 e. The van der Waals surface area contributed by atoms with Crippen LogP contribution >= 0.6 is 7.82 Å². The molecule has 0 aromatic heterocycles. The van der Waals surface area contributed by atoms with Crippen LogP contribution in [0.15, 0.2) is 72.9 Å². The van der Waals surface area contributed by atoms with Gasteiger partial charge in [0.15, 0.2) is 6.10 Å². The molecule has 0 rings (SSSR count). The lowest BCUT2D eigenvalue weighted by atomic mass is 10.0. The molecule has 63 heavy (non-hydrogen) atoms. The highest BCUT2D eigenvalue weighted by Gasteiger charge is 2.26. The molecule has 364 valence electrons. The maximum absolute atomic E-state index is 12.6. The van der Waals surface area contributed by atoms with E-state index in [0.717, 1.165) is 70.6 Å². The smallest absolute Gasteiger partial charge is 0.462 e. The Bertz CT molecular complexity index is 1260. The van der Waals surface area contributed by atoms with Crippen molar-refractivity contribution in [2.45, 2.75) is 225 Å². The van der Waals surface area contributed by atoms with Crippen LogP contribution in [-0.2, 0) is 32.7 Å². The zero-order chi connectivity index (χ0) is 46.0. The number of hydrogen-bond acceptors (Lipinski definition) is 8. The second-order valence-electron chi connectivity index (χ2n) is 16.7. The Morgan fingerprint density at radius 1 is 0.492 bits per heavy atom. The molecule has 0 amide bonds. The van der Waals surface area contributed by atoms with Crippen LogP contribution in [0.4, 0.5) is 0 Å². The number of phosphoric acid groups is 1. The molecule has 0 saturated carbocycles. The standard InChI is InChI=1S/C53H94NO8P/c1-3-5-7-9-11-13-15-17-19-21-23-25-27-29-31-33-35-37-39-41-43-45-52(55)59-49-51(50-61-63(57,58)60-48-47-54)62-53(56)46-44-42-40-38-36-34-32-30-28-26-24-22-20-18-16-14-12-10-8-6-4-2/h6,8,12,14,18,20,24,26,30,32,36,38,51H,3-5,7,9-11,13,15-17,19,21-23,25,27-29,31,33-35,37,39-50,54H2,1-2H3,(H,57,58)/b8-6-,14-12-,20-18-,26-24-,32-30-,38-36-. The highest BCUT2D eigenvalue weighted by Crippen LogP contribution is 2.43. The summed E-state index contributed by atoms with van der Waals surface area (Å²) < 4.78 is 32.9. The number of ether oxygens (including phenoxy) is 2. The van der Waals surface area contributed by atoms with Crippen LogP contribution in [0.2, 0.25) is 0 Å². The van der Waals surface area contributed by atoms with Crippen LogP contribution in [-0.4, -0.2) is 49.3 Å². The summed E-state index contributed by atoms with van der Waals surface area (Å²) in [6.07, 6.45) is 60.9. The van der Waals surface area contributed by atoms with Crippen LogP contribution < -0.4 is 5.73 Å². The summed E-state index contributed by atoms with van der Waals surface area (Å²) in [5.41, 5.74) is 5.36. The first-order chi connectivity index (χ1) is 30.8. The molecule has 0 fully saturated rings. The second kappa shape index (κ2) is 48.9. The summed E-state index contributed by atoms with van der Waals surface area (Å²) in [6.45, 7) is 3.59. The Morgan fingerprint density at radius 3 is 1.30 bits per heavy atom. The first kappa shape index (κ1) is 60.5. The first-order valence-corrected chi connectivity index (χ1v) is 26.9.